The number of fused-ring (bicyclic) bond motifs is 2. The van der Waals surface area contributed by atoms with Gasteiger partial charge in [-0.1, -0.05) is 24.3 Å². The Morgan fingerprint density at radius 1 is 1.32 bits per heavy atom. The van der Waals surface area contributed by atoms with Crippen LogP contribution in [-0.4, -0.2) is 44.1 Å². The summed E-state index contributed by atoms with van der Waals surface area (Å²) in [5.74, 6) is -4.11. The number of carboxylic acids is 2. The first-order valence-corrected chi connectivity index (χ1v) is 8.54. The van der Waals surface area contributed by atoms with Crippen LogP contribution in [0.2, 0.25) is 0 Å². The van der Waals surface area contributed by atoms with Gasteiger partial charge < -0.3 is 20.4 Å². The minimum absolute atomic E-state index is 0.269. The average molecular weight is 346 g/mol. The van der Waals surface area contributed by atoms with Crippen LogP contribution in [0.15, 0.2) is 35.5 Å². The van der Waals surface area contributed by atoms with E-state index in [1.165, 1.54) is 13.0 Å². The molecule has 134 valence electrons. The second kappa shape index (κ2) is 4.62. The molecule has 25 heavy (non-hydrogen) atoms. The summed E-state index contributed by atoms with van der Waals surface area (Å²) in [5, 5.41) is 41.1. The molecule has 6 nitrogen and oxygen atoms in total. The van der Waals surface area contributed by atoms with Crippen molar-refractivity contribution in [1.29, 1.82) is 0 Å². The fourth-order valence-electron chi connectivity index (χ4n) is 5.93. The van der Waals surface area contributed by atoms with Crippen LogP contribution in [-0.2, 0) is 9.59 Å². The zero-order chi connectivity index (χ0) is 18.4. The number of hydrogen-bond donors (Lipinski definition) is 4. The van der Waals surface area contributed by atoms with Crippen LogP contribution in [0.25, 0.3) is 0 Å². The van der Waals surface area contributed by atoms with Crippen LogP contribution >= 0.6 is 0 Å². The molecule has 6 atom stereocenters. The molecule has 0 saturated heterocycles. The summed E-state index contributed by atoms with van der Waals surface area (Å²) in [6.45, 7) is 5.40. The molecular formula is C19H22O6. The highest BCUT2D eigenvalue weighted by Gasteiger charge is 2.70. The number of aliphatic hydroxyl groups is 2. The Morgan fingerprint density at radius 3 is 2.60 bits per heavy atom. The number of rotatable bonds is 2. The van der Waals surface area contributed by atoms with Crippen LogP contribution in [0.3, 0.4) is 0 Å². The molecule has 0 aromatic heterocycles. The largest absolute Gasteiger partial charge is 0.481 e. The van der Waals surface area contributed by atoms with Crippen molar-refractivity contribution in [2.24, 2.45) is 22.7 Å². The maximum absolute atomic E-state index is 12.3. The number of aliphatic hydroxyl groups excluding tert-OH is 1. The molecule has 2 bridgehead atoms. The molecule has 2 saturated carbocycles. The maximum atomic E-state index is 12.3. The third-order valence-corrected chi connectivity index (χ3v) is 7.24. The quantitative estimate of drug-likeness (QED) is 0.563. The first-order chi connectivity index (χ1) is 11.6. The summed E-state index contributed by atoms with van der Waals surface area (Å²) in [7, 11) is 0. The van der Waals surface area contributed by atoms with Gasteiger partial charge >= 0.3 is 11.9 Å². The minimum Gasteiger partial charge on any atom is -0.481 e. The smallest absolute Gasteiger partial charge is 0.312 e. The fraction of sp³-hybridized carbons (Fsp3) is 0.579. The summed E-state index contributed by atoms with van der Waals surface area (Å²) in [6.07, 6.45) is 3.52. The molecule has 0 aromatic carbocycles. The SMILES string of the molecule is C=C1CC23C[C@@]1(O)CCC2=C1C=C[C@H](O)[C@@](C)(C(=O)O)C1[C@@H]3C(=O)O. The van der Waals surface area contributed by atoms with Crippen molar-refractivity contribution in [3.63, 3.8) is 0 Å². The number of allylic oxidation sites excluding steroid dienone is 3. The number of hydrogen-bond acceptors (Lipinski definition) is 4. The van der Waals surface area contributed by atoms with E-state index in [-0.39, 0.29) is 6.42 Å². The van der Waals surface area contributed by atoms with E-state index in [9.17, 15) is 30.0 Å². The molecule has 0 amide bonds. The van der Waals surface area contributed by atoms with Crippen molar-refractivity contribution >= 4 is 11.9 Å². The van der Waals surface area contributed by atoms with Gasteiger partial charge in [0.25, 0.3) is 0 Å². The van der Waals surface area contributed by atoms with E-state index < -0.39 is 46.3 Å². The van der Waals surface area contributed by atoms with Crippen molar-refractivity contribution in [3.8, 4) is 0 Å². The zero-order valence-electron chi connectivity index (χ0n) is 14.0. The van der Waals surface area contributed by atoms with Gasteiger partial charge in [-0.15, -0.1) is 0 Å². The predicted molar refractivity (Wildman–Crippen MR) is 87.5 cm³/mol. The van der Waals surface area contributed by atoms with Crippen LogP contribution in [0, 0.1) is 22.7 Å². The molecule has 6 heteroatoms. The minimum atomic E-state index is -1.62. The van der Waals surface area contributed by atoms with Gasteiger partial charge in [-0.2, -0.15) is 0 Å². The molecule has 0 heterocycles. The lowest BCUT2D eigenvalue weighted by molar-refractivity contribution is -0.164. The van der Waals surface area contributed by atoms with Gasteiger partial charge in [-0.25, -0.2) is 0 Å². The predicted octanol–water partition coefficient (Wildman–Crippen LogP) is 1.50. The summed E-state index contributed by atoms with van der Waals surface area (Å²) in [5.41, 5.74) is -1.21. The second-order valence-corrected chi connectivity index (χ2v) is 8.26. The van der Waals surface area contributed by atoms with E-state index >= 15 is 0 Å². The number of aliphatic carboxylic acids is 2. The lowest BCUT2D eigenvalue weighted by Crippen LogP contribution is -2.52. The van der Waals surface area contributed by atoms with Gasteiger partial charge in [0.15, 0.2) is 0 Å². The molecule has 4 aliphatic rings. The van der Waals surface area contributed by atoms with Crippen molar-refractivity contribution in [2.45, 2.75) is 44.3 Å². The third kappa shape index (κ3) is 1.71. The van der Waals surface area contributed by atoms with Crippen LogP contribution in [0.4, 0.5) is 0 Å². The van der Waals surface area contributed by atoms with Crippen molar-refractivity contribution in [3.05, 3.63) is 35.5 Å². The van der Waals surface area contributed by atoms with Crippen LogP contribution in [0.5, 0.6) is 0 Å². The molecule has 2 unspecified atom stereocenters. The first kappa shape index (κ1) is 16.5. The maximum Gasteiger partial charge on any atom is 0.312 e. The van der Waals surface area contributed by atoms with E-state index in [0.717, 1.165) is 11.1 Å². The topological polar surface area (TPSA) is 115 Å². The normalized spacial score (nSPS) is 47.6. The highest BCUT2D eigenvalue weighted by molar-refractivity contribution is 5.83. The standard InChI is InChI=1S/C19H22O6/c1-9-7-18-8-19(9,25)6-5-11(18)10-3-4-12(20)17(2,16(23)24)13(10)14(18)15(21)22/h3-4,12-14,20,25H,1,5-8H2,2H3,(H,21,22)(H,23,24)/t12-,13?,14+,17+,18?,19-/m0/s1. The van der Waals surface area contributed by atoms with E-state index in [1.807, 2.05) is 0 Å². The van der Waals surface area contributed by atoms with Crippen molar-refractivity contribution < 1.29 is 30.0 Å². The van der Waals surface area contributed by atoms with Gasteiger partial charge in [0.1, 0.15) is 5.41 Å². The Labute approximate surface area is 145 Å². The Balaban J connectivity index is 1.98. The van der Waals surface area contributed by atoms with E-state index in [4.69, 9.17) is 0 Å². The highest BCUT2D eigenvalue weighted by Crippen LogP contribution is 2.71. The molecule has 4 N–H and O–H groups in total. The van der Waals surface area contributed by atoms with Gasteiger partial charge in [-0.05, 0) is 43.8 Å². The molecule has 0 aliphatic heterocycles. The average Bonchev–Trinajstić information content (AvgIpc) is 2.90. The highest BCUT2D eigenvalue weighted by atomic mass is 16.4. The van der Waals surface area contributed by atoms with Crippen LogP contribution < -0.4 is 0 Å². The Morgan fingerprint density at radius 2 is 2.00 bits per heavy atom. The number of carboxylic acid groups (broad SMARTS) is 2. The summed E-state index contributed by atoms with van der Waals surface area (Å²) in [4.78, 5) is 24.3. The Kier molecular flexibility index (Phi) is 3.06. The van der Waals surface area contributed by atoms with Gasteiger partial charge in [0.2, 0.25) is 0 Å². The van der Waals surface area contributed by atoms with Crippen LogP contribution in [0.1, 0.15) is 32.6 Å². The Bertz CT molecular complexity index is 779. The third-order valence-electron chi connectivity index (χ3n) is 7.24. The van der Waals surface area contributed by atoms with Gasteiger partial charge in [0.05, 0.1) is 17.6 Å². The summed E-state index contributed by atoms with van der Waals surface area (Å²) in [6, 6.07) is 0. The van der Waals surface area contributed by atoms with Crippen molar-refractivity contribution in [2.75, 3.05) is 0 Å². The molecule has 4 aliphatic carbocycles. The van der Waals surface area contributed by atoms with E-state index in [2.05, 4.69) is 6.58 Å². The molecular weight excluding hydrogens is 324 g/mol. The van der Waals surface area contributed by atoms with E-state index in [1.54, 1.807) is 6.08 Å². The molecule has 0 aromatic rings. The lowest BCUT2D eigenvalue weighted by Gasteiger charge is -2.43. The Hall–Kier alpha value is -1.92. The fourth-order valence-corrected chi connectivity index (χ4v) is 5.93. The molecule has 0 radical (unpaired) electrons. The second-order valence-electron chi connectivity index (χ2n) is 8.26. The van der Waals surface area contributed by atoms with Gasteiger partial charge in [0, 0.05) is 11.3 Å². The lowest BCUT2D eigenvalue weighted by atomic mass is 9.59. The molecule has 4 rings (SSSR count). The monoisotopic (exact) mass is 346 g/mol. The van der Waals surface area contributed by atoms with Gasteiger partial charge in [-0.3, -0.25) is 9.59 Å². The van der Waals surface area contributed by atoms with E-state index in [0.29, 0.717) is 24.8 Å². The first-order valence-electron chi connectivity index (χ1n) is 8.54. The number of carbonyl (C=O) groups is 2. The zero-order valence-corrected chi connectivity index (χ0v) is 14.0. The molecule has 2 fully saturated rings. The summed E-state index contributed by atoms with van der Waals surface area (Å²) >= 11 is 0. The summed E-state index contributed by atoms with van der Waals surface area (Å²) < 4.78 is 0. The van der Waals surface area contributed by atoms with Crippen molar-refractivity contribution in [1.82, 2.24) is 0 Å². The molecule has 1 spiro atoms.